The molecule has 0 aliphatic rings. The van der Waals surface area contributed by atoms with Crippen molar-refractivity contribution in [2.75, 3.05) is 6.54 Å². The van der Waals surface area contributed by atoms with Crippen LogP contribution in [-0.2, 0) is 11.8 Å². The van der Waals surface area contributed by atoms with E-state index in [4.69, 9.17) is 10.7 Å². The SMILES string of the molecule is Cc1sc2nc(C(C)(C)C)c(CCN)n2c1-c1cccs1. The Balaban J connectivity index is 2.34. The summed E-state index contributed by atoms with van der Waals surface area (Å²) in [5.74, 6) is 0. The zero-order chi connectivity index (χ0) is 15.2. The Kier molecular flexibility index (Phi) is 3.67. The van der Waals surface area contributed by atoms with Crippen LogP contribution in [0.4, 0.5) is 0 Å². The van der Waals surface area contributed by atoms with Gasteiger partial charge in [-0.25, -0.2) is 4.98 Å². The molecule has 0 spiro atoms. The molecule has 3 nitrogen and oxygen atoms in total. The Labute approximate surface area is 133 Å². The van der Waals surface area contributed by atoms with Gasteiger partial charge in [-0.05, 0) is 24.9 Å². The number of thiophene rings is 1. The number of fused-ring (bicyclic) bond motifs is 1. The molecule has 3 aromatic rings. The fourth-order valence-corrected chi connectivity index (χ4v) is 4.62. The van der Waals surface area contributed by atoms with Crippen molar-refractivity contribution in [3.05, 3.63) is 33.8 Å². The Morgan fingerprint density at radius 1 is 1.33 bits per heavy atom. The number of imidazole rings is 1. The highest BCUT2D eigenvalue weighted by Gasteiger charge is 2.26. The van der Waals surface area contributed by atoms with Crippen LogP contribution in [-0.4, -0.2) is 15.9 Å². The van der Waals surface area contributed by atoms with E-state index in [0.29, 0.717) is 6.54 Å². The highest BCUT2D eigenvalue weighted by Crippen LogP contribution is 2.38. The summed E-state index contributed by atoms with van der Waals surface area (Å²) >= 11 is 3.55. The molecule has 0 aliphatic carbocycles. The molecular weight excluding hydrogens is 298 g/mol. The number of aryl methyl sites for hydroxylation is 1. The van der Waals surface area contributed by atoms with Gasteiger partial charge in [-0.1, -0.05) is 26.8 Å². The molecule has 0 atom stereocenters. The molecule has 3 aromatic heterocycles. The normalized spacial score (nSPS) is 12.4. The molecule has 0 fully saturated rings. The lowest BCUT2D eigenvalue weighted by Gasteiger charge is -2.18. The maximum atomic E-state index is 5.86. The number of hydrogen-bond donors (Lipinski definition) is 1. The molecule has 0 saturated heterocycles. The summed E-state index contributed by atoms with van der Waals surface area (Å²) in [5, 5.41) is 2.13. The average molecular weight is 319 g/mol. The van der Waals surface area contributed by atoms with Gasteiger partial charge in [-0.15, -0.1) is 22.7 Å². The highest BCUT2D eigenvalue weighted by molar-refractivity contribution is 7.18. The Hall–Kier alpha value is -1.17. The van der Waals surface area contributed by atoms with Crippen LogP contribution in [0.15, 0.2) is 17.5 Å². The van der Waals surface area contributed by atoms with E-state index in [-0.39, 0.29) is 5.41 Å². The van der Waals surface area contributed by atoms with Gasteiger partial charge in [0.15, 0.2) is 4.96 Å². The predicted octanol–water partition coefficient (Wildman–Crippen LogP) is 4.23. The molecule has 0 radical (unpaired) electrons. The van der Waals surface area contributed by atoms with Crippen molar-refractivity contribution in [1.82, 2.24) is 9.38 Å². The minimum atomic E-state index is 0.0386. The largest absolute Gasteiger partial charge is 0.330 e. The summed E-state index contributed by atoms with van der Waals surface area (Å²) in [6.45, 7) is 9.48. The van der Waals surface area contributed by atoms with Crippen LogP contribution in [0.2, 0.25) is 0 Å². The zero-order valence-corrected chi connectivity index (χ0v) is 14.6. The van der Waals surface area contributed by atoms with Crippen molar-refractivity contribution in [2.45, 2.75) is 39.5 Å². The molecule has 0 bridgehead atoms. The molecular formula is C16H21N3S2. The minimum absolute atomic E-state index is 0.0386. The molecule has 0 saturated carbocycles. The minimum Gasteiger partial charge on any atom is -0.330 e. The van der Waals surface area contributed by atoms with E-state index < -0.39 is 0 Å². The van der Waals surface area contributed by atoms with E-state index in [1.165, 1.54) is 26.8 Å². The first kappa shape index (κ1) is 14.8. The molecule has 3 rings (SSSR count). The van der Waals surface area contributed by atoms with Crippen molar-refractivity contribution >= 4 is 27.6 Å². The molecule has 112 valence electrons. The average Bonchev–Trinajstić information content (AvgIpc) is 3.05. The van der Waals surface area contributed by atoms with Crippen LogP contribution in [0.3, 0.4) is 0 Å². The summed E-state index contributed by atoms with van der Waals surface area (Å²) in [4.78, 5) is 8.63. The predicted molar refractivity (Wildman–Crippen MR) is 92.6 cm³/mol. The summed E-state index contributed by atoms with van der Waals surface area (Å²) in [7, 11) is 0. The van der Waals surface area contributed by atoms with Gasteiger partial charge >= 0.3 is 0 Å². The third kappa shape index (κ3) is 2.43. The number of nitrogens with two attached hydrogens (primary N) is 1. The van der Waals surface area contributed by atoms with E-state index in [0.717, 1.165) is 11.4 Å². The van der Waals surface area contributed by atoms with Crippen molar-refractivity contribution in [2.24, 2.45) is 5.73 Å². The standard InChI is InChI=1S/C16H21N3S2/c1-10-13(12-6-5-9-20-12)19-11(7-8-17)14(16(2,3)4)18-15(19)21-10/h5-6,9H,7-8,17H2,1-4H3. The quantitative estimate of drug-likeness (QED) is 0.785. The first-order valence-electron chi connectivity index (χ1n) is 7.18. The Morgan fingerprint density at radius 3 is 2.67 bits per heavy atom. The molecule has 0 aromatic carbocycles. The highest BCUT2D eigenvalue weighted by atomic mass is 32.1. The summed E-state index contributed by atoms with van der Waals surface area (Å²) < 4.78 is 2.33. The first-order valence-corrected chi connectivity index (χ1v) is 8.88. The van der Waals surface area contributed by atoms with E-state index in [9.17, 15) is 0 Å². The Morgan fingerprint density at radius 2 is 2.10 bits per heavy atom. The van der Waals surface area contributed by atoms with Gasteiger partial charge in [0.2, 0.25) is 0 Å². The lowest BCUT2D eigenvalue weighted by molar-refractivity contribution is 0.564. The van der Waals surface area contributed by atoms with Crippen molar-refractivity contribution in [3.8, 4) is 10.6 Å². The lowest BCUT2D eigenvalue weighted by atomic mass is 9.90. The Bertz CT molecular complexity index is 758. The third-order valence-electron chi connectivity index (χ3n) is 3.59. The fourth-order valence-electron chi connectivity index (χ4n) is 2.74. The van der Waals surface area contributed by atoms with Crippen LogP contribution < -0.4 is 5.73 Å². The summed E-state index contributed by atoms with van der Waals surface area (Å²) in [6.07, 6.45) is 0.863. The van der Waals surface area contributed by atoms with Gasteiger partial charge in [0.25, 0.3) is 0 Å². The molecule has 2 N–H and O–H groups in total. The van der Waals surface area contributed by atoms with E-state index >= 15 is 0 Å². The fraction of sp³-hybridized carbons (Fsp3) is 0.438. The van der Waals surface area contributed by atoms with Gasteiger partial charge in [-0.2, -0.15) is 0 Å². The monoisotopic (exact) mass is 319 g/mol. The summed E-state index contributed by atoms with van der Waals surface area (Å²) in [6, 6.07) is 4.29. The van der Waals surface area contributed by atoms with Gasteiger partial charge < -0.3 is 5.73 Å². The van der Waals surface area contributed by atoms with Crippen molar-refractivity contribution in [1.29, 1.82) is 0 Å². The van der Waals surface area contributed by atoms with Crippen molar-refractivity contribution in [3.63, 3.8) is 0 Å². The molecule has 0 aliphatic heterocycles. The van der Waals surface area contributed by atoms with Crippen LogP contribution in [0.5, 0.6) is 0 Å². The maximum absolute atomic E-state index is 5.86. The second-order valence-corrected chi connectivity index (χ2v) is 8.43. The van der Waals surface area contributed by atoms with E-state index in [2.05, 4.69) is 49.6 Å². The number of hydrogen-bond acceptors (Lipinski definition) is 4. The molecule has 21 heavy (non-hydrogen) atoms. The molecule has 3 heterocycles. The molecule has 0 unspecified atom stereocenters. The zero-order valence-electron chi connectivity index (χ0n) is 12.9. The first-order chi connectivity index (χ1) is 9.93. The van der Waals surface area contributed by atoms with Gasteiger partial charge in [0.1, 0.15) is 0 Å². The third-order valence-corrected chi connectivity index (χ3v) is 5.42. The van der Waals surface area contributed by atoms with Gasteiger partial charge in [-0.3, -0.25) is 4.40 Å². The number of nitrogens with zero attached hydrogens (tertiary/aromatic N) is 2. The van der Waals surface area contributed by atoms with Gasteiger partial charge in [0.05, 0.1) is 16.3 Å². The van der Waals surface area contributed by atoms with Gasteiger partial charge in [0, 0.05) is 22.4 Å². The number of rotatable bonds is 3. The topological polar surface area (TPSA) is 43.3 Å². The maximum Gasteiger partial charge on any atom is 0.194 e. The van der Waals surface area contributed by atoms with Crippen LogP contribution >= 0.6 is 22.7 Å². The smallest absolute Gasteiger partial charge is 0.194 e. The van der Waals surface area contributed by atoms with E-state index in [1.807, 2.05) is 0 Å². The van der Waals surface area contributed by atoms with Crippen LogP contribution in [0.1, 0.15) is 37.0 Å². The van der Waals surface area contributed by atoms with Crippen LogP contribution in [0.25, 0.3) is 15.5 Å². The summed E-state index contributed by atoms with van der Waals surface area (Å²) in [5.41, 5.74) is 9.64. The second kappa shape index (κ2) is 5.23. The van der Waals surface area contributed by atoms with Crippen molar-refractivity contribution < 1.29 is 0 Å². The van der Waals surface area contributed by atoms with E-state index in [1.54, 1.807) is 22.7 Å². The lowest BCUT2D eigenvalue weighted by Crippen LogP contribution is -2.17. The number of aromatic nitrogens is 2. The van der Waals surface area contributed by atoms with Crippen LogP contribution in [0, 0.1) is 6.92 Å². The molecule has 5 heteroatoms. The molecule has 0 amide bonds. The number of thiazole rings is 1. The second-order valence-electron chi connectivity index (χ2n) is 6.30.